The monoisotopic (exact) mass is 374 g/mol. The van der Waals surface area contributed by atoms with Crippen LogP contribution in [0.2, 0.25) is 0 Å². The minimum Gasteiger partial charge on any atom is -0.475 e. The average Bonchev–Trinajstić information content (AvgIpc) is 3.06. The molecule has 0 aliphatic heterocycles. The molecule has 0 radical (unpaired) electrons. The molecule has 0 saturated carbocycles. The summed E-state index contributed by atoms with van der Waals surface area (Å²) in [5.41, 5.74) is 0.596. The van der Waals surface area contributed by atoms with Gasteiger partial charge in [-0.1, -0.05) is 6.92 Å². The molecule has 2 aromatic rings. The third kappa shape index (κ3) is 3.81. The largest absolute Gasteiger partial charge is 0.475 e. The predicted octanol–water partition coefficient (Wildman–Crippen LogP) is 2.85. The molecule has 9 heteroatoms. The number of halogens is 2. The van der Waals surface area contributed by atoms with E-state index in [0.29, 0.717) is 12.0 Å². The van der Waals surface area contributed by atoms with Crippen molar-refractivity contribution < 1.29 is 37.3 Å². The van der Waals surface area contributed by atoms with Crippen molar-refractivity contribution in [3.05, 3.63) is 22.6 Å². The lowest BCUT2D eigenvalue weighted by molar-refractivity contribution is -0.144. The van der Waals surface area contributed by atoms with Crippen molar-refractivity contribution in [3.8, 4) is 11.5 Å². The van der Waals surface area contributed by atoms with E-state index < -0.39 is 48.3 Å². The third-order valence-electron chi connectivity index (χ3n) is 3.40. The van der Waals surface area contributed by atoms with Crippen molar-refractivity contribution in [1.29, 1.82) is 0 Å². The lowest BCUT2D eigenvalue weighted by atomic mass is 10.1. The molecule has 0 N–H and O–H groups in total. The van der Waals surface area contributed by atoms with Crippen molar-refractivity contribution in [2.45, 2.75) is 13.3 Å². The van der Waals surface area contributed by atoms with Crippen LogP contribution < -0.4 is 9.47 Å². The number of rotatable bonds is 7. The smallest absolute Gasteiger partial charge is 0.343 e. The summed E-state index contributed by atoms with van der Waals surface area (Å²) in [5, 5.41) is 1.70. The van der Waals surface area contributed by atoms with Gasteiger partial charge >= 0.3 is 11.9 Å². The fourth-order valence-corrected chi connectivity index (χ4v) is 3.19. The van der Waals surface area contributed by atoms with Gasteiger partial charge in [-0.3, -0.25) is 0 Å². The van der Waals surface area contributed by atoms with Gasteiger partial charge in [0.25, 0.3) is 0 Å². The normalized spacial score (nSPS) is 10.6. The summed E-state index contributed by atoms with van der Waals surface area (Å²) >= 11 is 1.01. The van der Waals surface area contributed by atoms with Gasteiger partial charge in [0.15, 0.2) is 24.8 Å². The van der Waals surface area contributed by atoms with Crippen molar-refractivity contribution in [1.82, 2.24) is 0 Å². The molecule has 1 aromatic heterocycles. The Hall–Kier alpha value is -2.42. The Labute approximate surface area is 146 Å². The van der Waals surface area contributed by atoms with Crippen LogP contribution >= 0.6 is 11.3 Å². The molecule has 1 aromatic carbocycles. The molecule has 0 spiro atoms. The second-order valence-electron chi connectivity index (χ2n) is 4.83. The van der Waals surface area contributed by atoms with Crippen molar-refractivity contribution in [2.24, 2.45) is 0 Å². The number of carbonyl (C=O) groups is 2. The summed E-state index contributed by atoms with van der Waals surface area (Å²) in [6, 6.07) is 0. The molecule has 0 amide bonds. The fourth-order valence-electron chi connectivity index (χ4n) is 2.11. The molecule has 6 nitrogen and oxygen atoms in total. The number of thiophene rings is 1. The highest BCUT2D eigenvalue weighted by Crippen LogP contribution is 2.43. The lowest BCUT2D eigenvalue weighted by Gasteiger charge is -2.14. The first-order valence-corrected chi connectivity index (χ1v) is 8.12. The maximum Gasteiger partial charge on any atom is 0.343 e. The molecule has 0 bridgehead atoms. The van der Waals surface area contributed by atoms with Crippen LogP contribution in [-0.4, -0.2) is 39.4 Å². The van der Waals surface area contributed by atoms with Crippen LogP contribution in [-0.2, 0) is 25.5 Å². The number of hydrogen-bond donors (Lipinski definition) is 0. The maximum atomic E-state index is 14.9. The lowest BCUT2D eigenvalue weighted by Crippen LogP contribution is -2.17. The summed E-state index contributed by atoms with van der Waals surface area (Å²) < 4.78 is 48.7. The van der Waals surface area contributed by atoms with E-state index in [4.69, 9.17) is 9.47 Å². The second kappa shape index (κ2) is 8.11. The summed E-state index contributed by atoms with van der Waals surface area (Å²) in [7, 11) is 2.27. The minimum atomic E-state index is -0.870. The van der Waals surface area contributed by atoms with Crippen molar-refractivity contribution in [3.63, 3.8) is 0 Å². The highest BCUT2D eigenvalue weighted by Gasteiger charge is 2.27. The van der Waals surface area contributed by atoms with Gasteiger partial charge in [0.05, 0.1) is 18.9 Å². The van der Waals surface area contributed by atoms with E-state index in [0.717, 1.165) is 25.6 Å². The van der Waals surface area contributed by atoms with Gasteiger partial charge in [0, 0.05) is 5.39 Å². The molecular weight excluding hydrogens is 358 g/mol. The summed E-state index contributed by atoms with van der Waals surface area (Å²) in [6.45, 7) is 0.521. The van der Waals surface area contributed by atoms with Crippen LogP contribution in [0.15, 0.2) is 5.38 Å². The Morgan fingerprint density at radius 3 is 2.00 bits per heavy atom. The Bertz CT molecular complexity index is 802. The minimum absolute atomic E-state index is 0.0413. The van der Waals surface area contributed by atoms with Crippen LogP contribution in [0.25, 0.3) is 10.1 Å². The molecule has 2 rings (SSSR count). The number of benzene rings is 1. The predicted molar refractivity (Wildman–Crippen MR) is 86.1 cm³/mol. The molecular formula is C16H16F2O6S. The van der Waals surface area contributed by atoms with E-state index in [1.807, 2.05) is 0 Å². The fraction of sp³-hybridized carbons (Fsp3) is 0.375. The van der Waals surface area contributed by atoms with Crippen LogP contribution in [0.4, 0.5) is 8.78 Å². The van der Waals surface area contributed by atoms with Crippen LogP contribution in [0.3, 0.4) is 0 Å². The molecule has 0 aliphatic carbocycles. The molecule has 0 fully saturated rings. The average molecular weight is 374 g/mol. The highest BCUT2D eigenvalue weighted by molar-refractivity contribution is 7.17. The van der Waals surface area contributed by atoms with Crippen LogP contribution in [0.1, 0.15) is 12.5 Å². The standard InChI is InChI=1S/C16H16F2O6S/c1-4-8-7-25-16-11(8)12(17)14(23-5-9(19)21-2)15(13(16)18)24-6-10(20)22-3/h7H,4-6H2,1-3H3. The number of esters is 2. The van der Waals surface area contributed by atoms with E-state index in [1.165, 1.54) is 0 Å². The number of ether oxygens (including phenoxy) is 4. The molecule has 0 aliphatic rings. The van der Waals surface area contributed by atoms with E-state index in [1.54, 1.807) is 12.3 Å². The Morgan fingerprint density at radius 2 is 1.52 bits per heavy atom. The first-order chi connectivity index (χ1) is 11.9. The van der Waals surface area contributed by atoms with Gasteiger partial charge in [-0.15, -0.1) is 11.3 Å². The van der Waals surface area contributed by atoms with Gasteiger partial charge in [0.1, 0.15) is 0 Å². The zero-order valence-corrected chi connectivity index (χ0v) is 14.6. The molecule has 136 valence electrons. The molecule has 0 saturated heterocycles. The summed E-state index contributed by atoms with van der Waals surface area (Å²) in [6.07, 6.45) is 0.481. The second-order valence-corrected chi connectivity index (χ2v) is 5.71. The van der Waals surface area contributed by atoms with Crippen LogP contribution in [0, 0.1) is 11.6 Å². The number of fused-ring (bicyclic) bond motifs is 1. The Morgan fingerprint density at radius 1 is 1.00 bits per heavy atom. The first kappa shape index (κ1) is 18.9. The highest BCUT2D eigenvalue weighted by atomic mass is 32.1. The van der Waals surface area contributed by atoms with Gasteiger partial charge in [0.2, 0.25) is 11.5 Å². The maximum absolute atomic E-state index is 14.9. The molecule has 25 heavy (non-hydrogen) atoms. The Balaban J connectivity index is 2.55. The van der Waals surface area contributed by atoms with Crippen molar-refractivity contribution in [2.75, 3.05) is 27.4 Å². The topological polar surface area (TPSA) is 71.1 Å². The van der Waals surface area contributed by atoms with E-state index in [-0.39, 0.29) is 10.1 Å². The van der Waals surface area contributed by atoms with E-state index in [2.05, 4.69) is 9.47 Å². The SMILES string of the molecule is CCc1csc2c(F)c(OCC(=O)OC)c(OCC(=O)OC)c(F)c12. The number of methoxy groups -OCH3 is 2. The van der Waals surface area contributed by atoms with Gasteiger partial charge in [-0.2, -0.15) is 0 Å². The summed E-state index contributed by atoms with van der Waals surface area (Å²) in [4.78, 5) is 22.5. The number of hydrogen-bond acceptors (Lipinski definition) is 7. The zero-order valence-electron chi connectivity index (χ0n) is 13.8. The molecule has 0 atom stereocenters. The molecule has 1 heterocycles. The number of carbonyl (C=O) groups excluding carboxylic acids is 2. The van der Waals surface area contributed by atoms with E-state index >= 15 is 0 Å². The zero-order chi connectivity index (χ0) is 18.6. The van der Waals surface area contributed by atoms with Crippen LogP contribution in [0.5, 0.6) is 11.5 Å². The molecule has 0 unspecified atom stereocenters. The third-order valence-corrected chi connectivity index (χ3v) is 4.42. The van der Waals surface area contributed by atoms with E-state index in [9.17, 15) is 18.4 Å². The van der Waals surface area contributed by atoms with Gasteiger partial charge < -0.3 is 18.9 Å². The van der Waals surface area contributed by atoms with Crippen molar-refractivity contribution >= 4 is 33.4 Å². The van der Waals surface area contributed by atoms with Gasteiger partial charge in [-0.05, 0) is 17.4 Å². The summed E-state index contributed by atoms with van der Waals surface area (Å²) in [5.74, 6) is -4.47. The number of aryl methyl sites for hydroxylation is 1. The Kier molecular flexibility index (Phi) is 6.13. The quantitative estimate of drug-likeness (QED) is 0.694. The first-order valence-electron chi connectivity index (χ1n) is 7.24. The van der Waals surface area contributed by atoms with Gasteiger partial charge in [-0.25, -0.2) is 18.4 Å².